The summed E-state index contributed by atoms with van der Waals surface area (Å²) in [4.78, 5) is 2.67. The van der Waals surface area contributed by atoms with Crippen molar-refractivity contribution in [3.63, 3.8) is 0 Å². The van der Waals surface area contributed by atoms with E-state index in [0.717, 1.165) is 12.0 Å². The lowest BCUT2D eigenvalue weighted by atomic mass is 9.97. The van der Waals surface area contributed by atoms with Crippen molar-refractivity contribution in [2.45, 2.75) is 44.7 Å². The normalized spacial score (nSPS) is 31.2. The lowest BCUT2D eigenvalue weighted by Gasteiger charge is -2.36. The van der Waals surface area contributed by atoms with Crippen LogP contribution in [0, 0.1) is 5.92 Å². The van der Waals surface area contributed by atoms with E-state index < -0.39 is 0 Å². The second kappa shape index (κ2) is 3.25. The van der Waals surface area contributed by atoms with Gasteiger partial charge in [0.2, 0.25) is 0 Å². The van der Waals surface area contributed by atoms with Gasteiger partial charge in [-0.2, -0.15) is 0 Å². The topological polar surface area (TPSA) is 15.3 Å². The zero-order valence-electron chi connectivity index (χ0n) is 9.14. The van der Waals surface area contributed by atoms with Gasteiger partial charge < -0.3 is 5.32 Å². The van der Waals surface area contributed by atoms with E-state index in [1.807, 2.05) is 0 Å². The monoisotopic (exact) mass is 182 g/mol. The summed E-state index contributed by atoms with van der Waals surface area (Å²) in [6.45, 7) is 7.38. The summed E-state index contributed by atoms with van der Waals surface area (Å²) in [5.41, 5.74) is 0.464. The van der Waals surface area contributed by atoms with E-state index in [0.29, 0.717) is 5.54 Å². The summed E-state index contributed by atoms with van der Waals surface area (Å²) in [6.07, 6.45) is 4.23. The number of hydrogen-bond acceptors (Lipinski definition) is 2. The van der Waals surface area contributed by atoms with Gasteiger partial charge >= 0.3 is 0 Å². The fourth-order valence-electron chi connectivity index (χ4n) is 2.57. The molecule has 1 N–H and O–H groups in total. The molecule has 2 aliphatic rings. The minimum atomic E-state index is 0.464. The molecule has 1 aliphatic heterocycles. The molecule has 0 radical (unpaired) electrons. The first kappa shape index (κ1) is 9.47. The Hall–Kier alpha value is -0.0800. The Morgan fingerprint density at radius 3 is 2.38 bits per heavy atom. The average Bonchev–Trinajstić information content (AvgIpc) is 2.84. The minimum absolute atomic E-state index is 0.464. The Morgan fingerprint density at radius 1 is 1.23 bits per heavy atom. The Morgan fingerprint density at radius 2 is 1.92 bits per heavy atom. The van der Waals surface area contributed by atoms with Gasteiger partial charge in [-0.1, -0.05) is 0 Å². The number of likely N-dealkylation sites (tertiary alicyclic amines) is 1. The summed E-state index contributed by atoms with van der Waals surface area (Å²) >= 11 is 0. The smallest absolute Gasteiger partial charge is 0.0204 e. The number of hydrogen-bond donors (Lipinski definition) is 1. The molecule has 1 heterocycles. The van der Waals surface area contributed by atoms with E-state index >= 15 is 0 Å². The van der Waals surface area contributed by atoms with Crippen molar-refractivity contribution in [3.05, 3.63) is 0 Å². The maximum Gasteiger partial charge on any atom is 0.0204 e. The highest BCUT2D eigenvalue weighted by Gasteiger charge is 2.43. The molecule has 2 fully saturated rings. The molecular formula is C11H22N2. The zero-order chi connectivity index (χ0) is 9.47. The molecule has 0 aromatic heterocycles. The van der Waals surface area contributed by atoms with Crippen molar-refractivity contribution in [2.75, 3.05) is 20.1 Å². The highest BCUT2D eigenvalue weighted by atomic mass is 15.2. The maximum absolute atomic E-state index is 3.38. The van der Waals surface area contributed by atoms with Gasteiger partial charge in [0.05, 0.1) is 0 Å². The Balaban J connectivity index is 1.93. The average molecular weight is 182 g/mol. The van der Waals surface area contributed by atoms with Gasteiger partial charge in [0.15, 0.2) is 0 Å². The number of nitrogens with zero attached hydrogens (tertiary/aromatic N) is 1. The molecule has 1 unspecified atom stereocenters. The molecule has 1 atom stereocenters. The SMILES string of the molecule is CNC1CCN(C(C)(C)C2CC2)C1. The van der Waals surface area contributed by atoms with Crippen molar-refractivity contribution in [1.29, 1.82) is 0 Å². The van der Waals surface area contributed by atoms with Crippen molar-refractivity contribution in [3.8, 4) is 0 Å². The van der Waals surface area contributed by atoms with Gasteiger partial charge in [0.25, 0.3) is 0 Å². The van der Waals surface area contributed by atoms with Gasteiger partial charge in [-0.25, -0.2) is 0 Å². The fourth-order valence-corrected chi connectivity index (χ4v) is 2.57. The summed E-state index contributed by atoms with van der Waals surface area (Å²) < 4.78 is 0. The molecule has 2 heteroatoms. The van der Waals surface area contributed by atoms with Crippen LogP contribution in [0.1, 0.15) is 33.1 Å². The molecule has 0 aromatic rings. The van der Waals surface area contributed by atoms with Gasteiger partial charge in [-0.05, 0) is 46.1 Å². The quantitative estimate of drug-likeness (QED) is 0.711. The molecule has 13 heavy (non-hydrogen) atoms. The van der Waals surface area contributed by atoms with Gasteiger partial charge in [-0.15, -0.1) is 0 Å². The van der Waals surface area contributed by atoms with E-state index in [-0.39, 0.29) is 0 Å². The second-order valence-electron chi connectivity index (χ2n) is 5.15. The molecule has 1 saturated heterocycles. The van der Waals surface area contributed by atoms with Crippen LogP contribution in [0.3, 0.4) is 0 Å². The number of rotatable bonds is 3. The van der Waals surface area contributed by atoms with Crippen molar-refractivity contribution >= 4 is 0 Å². The standard InChI is InChI=1S/C11H22N2/c1-11(2,9-4-5-9)13-7-6-10(8-13)12-3/h9-10,12H,4-8H2,1-3H3. The Kier molecular flexibility index (Phi) is 2.37. The molecule has 1 saturated carbocycles. The molecular weight excluding hydrogens is 160 g/mol. The van der Waals surface area contributed by atoms with Crippen molar-refractivity contribution < 1.29 is 0 Å². The first-order chi connectivity index (χ1) is 6.14. The van der Waals surface area contributed by atoms with Crippen LogP contribution in [0.4, 0.5) is 0 Å². The maximum atomic E-state index is 3.38. The second-order valence-corrected chi connectivity index (χ2v) is 5.15. The molecule has 0 aromatic carbocycles. The summed E-state index contributed by atoms with van der Waals surface area (Å²) in [6, 6.07) is 0.734. The van der Waals surface area contributed by atoms with Crippen LogP contribution in [0.2, 0.25) is 0 Å². The Bertz CT molecular complexity index is 185. The molecule has 1 aliphatic carbocycles. The van der Waals surface area contributed by atoms with Crippen molar-refractivity contribution in [1.82, 2.24) is 10.2 Å². The van der Waals surface area contributed by atoms with Crippen LogP contribution in [0.5, 0.6) is 0 Å². The third-order valence-corrected chi connectivity index (χ3v) is 3.99. The van der Waals surface area contributed by atoms with Gasteiger partial charge in [0.1, 0.15) is 0 Å². The van der Waals surface area contributed by atoms with E-state index in [9.17, 15) is 0 Å². The third kappa shape index (κ3) is 1.75. The largest absolute Gasteiger partial charge is 0.316 e. The molecule has 0 bridgehead atoms. The van der Waals surface area contributed by atoms with Crippen LogP contribution < -0.4 is 5.32 Å². The van der Waals surface area contributed by atoms with Crippen LogP contribution >= 0.6 is 0 Å². The lowest BCUT2D eigenvalue weighted by molar-refractivity contribution is 0.127. The number of nitrogens with one attached hydrogen (secondary N) is 1. The minimum Gasteiger partial charge on any atom is -0.316 e. The van der Waals surface area contributed by atoms with E-state index in [2.05, 4.69) is 31.1 Å². The number of likely N-dealkylation sites (N-methyl/N-ethyl adjacent to an activating group) is 1. The van der Waals surface area contributed by atoms with Gasteiger partial charge in [0, 0.05) is 24.7 Å². The van der Waals surface area contributed by atoms with Crippen LogP contribution in [-0.4, -0.2) is 36.6 Å². The highest BCUT2D eigenvalue weighted by molar-refractivity contribution is 4.99. The fraction of sp³-hybridized carbons (Fsp3) is 1.00. The third-order valence-electron chi connectivity index (χ3n) is 3.99. The molecule has 2 rings (SSSR count). The van der Waals surface area contributed by atoms with E-state index in [1.54, 1.807) is 0 Å². The summed E-state index contributed by atoms with van der Waals surface area (Å²) in [5.74, 6) is 0.975. The van der Waals surface area contributed by atoms with Crippen molar-refractivity contribution in [2.24, 2.45) is 5.92 Å². The zero-order valence-corrected chi connectivity index (χ0v) is 9.14. The lowest BCUT2D eigenvalue weighted by Crippen LogP contribution is -2.45. The summed E-state index contributed by atoms with van der Waals surface area (Å²) in [5, 5.41) is 3.38. The first-order valence-corrected chi connectivity index (χ1v) is 5.57. The van der Waals surface area contributed by atoms with Crippen LogP contribution in [0.25, 0.3) is 0 Å². The van der Waals surface area contributed by atoms with Crippen LogP contribution in [0.15, 0.2) is 0 Å². The van der Waals surface area contributed by atoms with E-state index in [4.69, 9.17) is 0 Å². The van der Waals surface area contributed by atoms with Crippen LogP contribution in [-0.2, 0) is 0 Å². The van der Waals surface area contributed by atoms with E-state index in [1.165, 1.54) is 32.4 Å². The predicted octanol–water partition coefficient (Wildman–Crippen LogP) is 1.47. The molecule has 0 spiro atoms. The highest BCUT2D eigenvalue weighted by Crippen LogP contribution is 2.43. The molecule has 0 amide bonds. The molecule has 76 valence electrons. The van der Waals surface area contributed by atoms with Gasteiger partial charge in [-0.3, -0.25) is 4.90 Å². The first-order valence-electron chi connectivity index (χ1n) is 5.57. The Labute approximate surface area is 81.7 Å². The molecule has 2 nitrogen and oxygen atoms in total. The predicted molar refractivity (Wildman–Crippen MR) is 55.8 cm³/mol. The summed E-state index contributed by atoms with van der Waals surface area (Å²) in [7, 11) is 2.08.